The highest BCUT2D eigenvalue weighted by Crippen LogP contribution is 2.27. The van der Waals surface area contributed by atoms with Gasteiger partial charge in [-0.25, -0.2) is 0 Å². The molecule has 0 aliphatic carbocycles. The van der Waals surface area contributed by atoms with E-state index in [4.69, 9.17) is 28.4 Å². The number of esters is 3. The lowest BCUT2D eigenvalue weighted by Crippen LogP contribution is -2.27. The summed E-state index contributed by atoms with van der Waals surface area (Å²) >= 11 is 0. The molecule has 0 aromatic heterocycles. The van der Waals surface area contributed by atoms with Crippen LogP contribution in [0.2, 0.25) is 0 Å². The summed E-state index contributed by atoms with van der Waals surface area (Å²) in [6.45, 7) is 29.7. The zero-order chi connectivity index (χ0) is 101. The fourth-order valence-corrected chi connectivity index (χ4v) is 19.3. The van der Waals surface area contributed by atoms with Gasteiger partial charge >= 0.3 is 17.9 Å². The molecule has 0 heterocycles. The van der Waals surface area contributed by atoms with E-state index >= 15 is 0 Å². The van der Waals surface area contributed by atoms with Crippen molar-refractivity contribution >= 4 is 35.3 Å². The molecule has 0 N–H and O–H groups in total. The third-order valence-electron chi connectivity index (χ3n) is 28.5. The fraction of sp³-hybridized carbons (Fsp3) is 0.952. The summed E-state index contributed by atoms with van der Waals surface area (Å²) < 4.78 is 36.9. The summed E-state index contributed by atoms with van der Waals surface area (Å²) in [6.07, 6.45) is 115. The van der Waals surface area contributed by atoms with Crippen LogP contribution in [-0.2, 0) is 57.2 Å². The quantitative estimate of drug-likeness (QED) is 0.0323. The monoisotopic (exact) mass is 1940 g/mol. The van der Waals surface area contributed by atoms with Gasteiger partial charge in [0.1, 0.15) is 35.7 Å². The number of ketones is 3. The van der Waals surface area contributed by atoms with Crippen LogP contribution in [-0.4, -0.2) is 91.7 Å². The topological polar surface area (TPSA) is 158 Å². The van der Waals surface area contributed by atoms with E-state index in [0.29, 0.717) is 38.5 Å². The van der Waals surface area contributed by atoms with Crippen LogP contribution in [0.5, 0.6) is 0 Å². The van der Waals surface area contributed by atoms with Gasteiger partial charge in [-0.15, -0.1) is 0 Å². The summed E-state index contributed by atoms with van der Waals surface area (Å²) in [5, 5.41) is 0. The number of rotatable bonds is 112. The molecule has 0 fully saturated rings. The first-order valence-corrected chi connectivity index (χ1v) is 61.9. The maximum atomic E-state index is 13.2. The Bertz CT molecular complexity index is 2300. The van der Waals surface area contributed by atoms with Crippen molar-refractivity contribution in [2.45, 2.75) is 743 Å². The summed E-state index contributed by atoms with van der Waals surface area (Å²) in [5.74, 6) is -0.154. The second-order valence-electron chi connectivity index (χ2n) is 43.3. The molecule has 0 aromatic rings. The van der Waals surface area contributed by atoms with Crippen LogP contribution in [0.3, 0.4) is 0 Å². The van der Waals surface area contributed by atoms with Gasteiger partial charge in [-0.2, -0.15) is 0 Å². The minimum absolute atomic E-state index is 0.0249. The van der Waals surface area contributed by atoms with Gasteiger partial charge in [0.05, 0.1) is 37.6 Å². The molecule has 0 aliphatic rings. The Kier molecular flexibility index (Phi) is 118. The largest absolute Gasteiger partial charge is 0.462 e. The van der Waals surface area contributed by atoms with Crippen molar-refractivity contribution in [1.82, 2.24) is 0 Å². The lowest BCUT2D eigenvalue weighted by molar-refractivity contribution is -0.155. The minimum Gasteiger partial charge on any atom is -0.462 e. The number of carbonyl (C=O) groups excluding carboxylic acids is 6. The van der Waals surface area contributed by atoms with Crippen LogP contribution in [0.15, 0.2) is 0 Å². The molecule has 0 aliphatic heterocycles. The van der Waals surface area contributed by atoms with E-state index in [2.05, 4.69) is 62.3 Å². The lowest BCUT2D eigenvalue weighted by atomic mass is 9.98. The van der Waals surface area contributed by atoms with Crippen molar-refractivity contribution in [3.8, 4) is 0 Å². The predicted octanol–water partition coefficient (Wildman–Crippen LogP) is 40.9. The highest BCUT2D eigenvalue weighted by Gasteiger charge is 2.26. The summed E-state index contributed by atoms with van der Waals surface area (Å²) in [7, 11) is 0. The second kappa shape index (κ2) is 117. The zero-order valence-corrected chi connectivity index (χ0v) is 94.9. The Balaban J connectivity index is -0.00000197. The van der Waals surface area contributed by atoms with Gasteiger partial charge in [-0.3, -0.25) is 28.8 Å². The zero-order valence-electron chi connectivity index (χ0n) is 94.9. The molecule has 0 unspecified atom stereocenters. The predicted molar refractivity (Wildman–Crippen MR) is 594 cm³/mol. The molecule has 0 rings (SSSR count). The van der Waals surface area contributed by atoms with Gasteiger partial charge in [-0.1, -0.05) is 577 Å². The summed E-state index contributed by atoms with van der Waals surface area (Å²) in [4.78, 5) is 75.8. The molecule has 12 heteroatoms. The molecule has 0 saturated carbocycles. The number of unbranched alkanes of at least 4 members (excludes halogenated alkanes) is 75. The Morgan fingerprint density at radius 2 is 0.292 bits per heavy atom. The maximum Gasteiger partial charge on any atom is 0.308 e. The third kappa shape index (κ3) is 113. The van der Waals surface area contributed by atoms with E-state index in [1.165, 1.54) is 462 Å². The fourth-order valence-electron chi connectivity index (χ4n) is 19.3. The van der Waals surface area contributed by atoms with Crippen LogP contribution >= 0.6 is 0 Å². The summed E-state index contributed by atoms with van der Waals surface area (Å²) in [5.41, 5.74) is 0. The van der Waals surface area contributed by atoms with Crippen molar-refractivity contribution in [3.63, 3.8) is 0 Å². The molecule has 0 saturated heterocycles. The summed E-state index contributed by atoms with van der Waals surface area (Å²) in [6, 6.07) is 0. The van der Waals surface area contributed by atoms with Crippen molar-refractivity contribution in [2.75, 3.05) is 19.8 Å². The molecule has 12 nitrogen and oxygen atoms in total. The van der Waals surface area contributed by atoms with Gasteiger partial charge in [-0.05, 0) is 90.9 Å². The highest BCUT2D eigenvalue weighted by molar-refractivity contribution is 5.81. The van der Waals surface area contributed by atoms with Gasteiger partial charge in [0.15, 0.2) is 0 Å². The van der Waals surface area contributed by atoms with Crippen LogP contribution in [0.1, 0.15) is 706 Å². The molecular formula is C125H244O12. The van der Waals surface area contributed by atoms with Crippen molar-refractivity contribution in [3.05, 3.63) is 0 Å². The molecule has 0 radical (unpaired) electrons. The van der Waals surface area contributed by atoms with Crippen LogP contribution < -0.4 is 0 Å². The molecule has 0 amide bonds. The van der Waals surface area contributed by atoms with Crippen LogP contribution in [0.25, 0.3) is 0 Å². The average molecular weight is 1940 g/mol. The van der Waals surface area contributed by atoms with Crippen molar-refractivity contribution in [2.24, 2.45) is 5.92 Å². The Morgan fingerprint density at radius 3 is 0.438 bits per heavy atom. The number of Topliss-reactive ketones (excluding diaryl/α,β-unsaturated/α-hetero) is 3. The number of carbonyl (C=O) groups is 6. The molecule has 6 atom stereocenters. The van der Waals surface area contributed by atoms with E-state index in [9.17, 15) is 28.8 Å². The average Bonchev–Trinajstić information content (AvgIpc) is 0.939. The number of hydrogen-bond acceptors (Lipinski definition) is 12. The molecule has 0 aromatic carbocycles. The lowest BCUT2D eigenvalue weighted by Gasteiger charge is -2.21. The van der Waals surface area contributed by atoms with E-state index in [1.54, 1.807) is 13.8 Å². The Morgan fingerprint density at radius 1 is 0.161 bits per heavy atom. The first-order valence-electron chi connectivity index (χ1n) is 61.9. The van der Waals surface area contributed by atoms with Crippen LogP contribution in [0, 0.1) is 5.92 Å². The number of hydrogen-bond donors (Lipinski definition) is 0. The van der Waals surface area contributed by atoms with E-state index < -0.39 is 0 Å². The highest BCUT2D eigenvalue weighted by atomic mass is 16.6. The van der Waals surface area contributed by atoms with E-state index in [0.717, 1.165) is 135 Å². The van der Waals surface area contributed by atoms with Crippen molar-refractivity contribution < 1.29 is 57.2 Å². The Labute approximate surface area is 856 Å². The van der Waals surface area contributed by atoms with E-state index in [-0.39, 0.29) is 77.8 Å². The molecule has 816 valence electrons. The Hall–Kier alpha value is -2.70. The normalized spacial score (nSPS) is 12.8. The first-order chi connectivity index (χ1) is 67.0. The minimum atomic E-state index is -0.294. The van der Waals surface area contributed by atoms with Gasteiger partial charge < -0.3 is 28.4 Å². The van der Waals surface area contributed by atoms with Crippen LogP contribution in [0.4, 0.5) is 0 Å². The first kappa shape index (κ1) is 138. The second-order valence-corrected chi connectivity index (χ2v) is 43.3. The molecule has 0 spiro atoms. The van der Waals surface area contributed by atoms with E-state index in [1.807, 2.05) is 13.8 Å². The van der Waals surface area contributed by atoms with Crippen molar-refractivity contribution in [1.29, 1.82) is 0 Å². The van der Waals surface area contributed by atoms with Gasteiger partial charge in [0, 0.05) is 45.0 Å². The molecule has 0 bridgehead atoms. The smallest absolute Gasteiger partial charge is 0.308 e. The van der Waals surface area contributed by atoms with Gasteiger partial charge in [0.2, 0.25) is 0 Å². The number of ether oxygens (including phenoxy) is 6. The molecule has 137 heavy (non-hydrogen) atoms. The SMILES string of the molecule is CCCCCCCCCCCCO[C@@H](CCCCCCCCCCC)CC(=O)O[C@@H](CCCCCCCCCCC)CC(=O)C(C)C.CCCCCCCCCCCCO[C@@H](CCCCCCCCCCC)CC(=O)O[C@H](CCCCCCCCCCC)CC(C)=O.CCCCCCCCCCCCO[C@H](CCCCCCCCCCC)CC(=O)O[C@@H](CCCCCCCCCCC)CC(C)=O. The third-order valence-corrected chi connectivity index (χ3v) is 28.5. The maximum absolute atomic E-state index is 13.2. The molecular weight excluding hydrogens is 1690 g/mol. The standard InChI is InChI=1S/C43H84O4.2C41H80O4/c1-6-9-12-15-18-21-24-27-30-33-36-46-40(34-31-28-25-22-19-16-13-10-7-2)38-43(45)47-41(37-42(44)39(4)5)35-32-29-26-23-20-17-14-11-8-3;2*1-5-8-11-14-17-20-23-26-29-32-35-44-39(33-30-27-24-21-18-15-12-9-6-2)37-41(43)45-40(36-38(4)42)34-31-28-25-22-19-16-13-10-7-3/h39-41H,6-38H2,1-5H3;2*39-40H,5-37H2,1-4H3/t40-,41-;2*39-,40+/m010/s1. The van der Waals surface area contributed by atoms with Gasteiger partial charge in [0.25, 0.3) is 0 Å².